The van der Waals surface area contributed by atoms with Crippen LogP contribution in [-0.4, -0.2) is 24.6 Å². The summed E-state index contributed by atoms with van der Waals surface area (Å²) in [6.07, 6.45) is 11.5. The molecule has 0 N–H and O–H groups in total. The van der Waals surface area contributed by atoms with E-state index in [1.54, 1.807) is 0 Å². The number of carbonyl (C=O) groups excluding carboxylic acids is 1. The van der Waals surface area contributed by atoms with Gasteiger partial charge < -0.3 is 4.74 Å². The Kier molecular flexibility index (Phi) is 14.6. The van der Waals surface area contributed by atoms with E-state index < -0.39 is 6.37 Å². The monoisotopic (exact) mass is 318 g/mol. The predicted octanol–water partition coefficient (Wildman–Crippen LogP) is 5.98. The Morgan fingerprint density at radius 1 is 0.905 bits per heavy atom. The summed E-state index contributed by atoms with van der Waals surface area (Å²) in [5, 5.41) is 0. The lowest BCUT2D eigenvalue weighted by Gasteiger charge is -2.03. The van der Waals surface area contributed by atoms with Gasteiger partial charge in [-0.15, -0.1) is 0 Å². The number of carbonyl (C=O) groups is 1. The molecule has 0 saturated carbocycles. The highest BCUT2D eigenvalue weighted by atomic mass is 32.2. The first-order chi connectivity index (χ1) is 11.0. The van der Waals surface area contributed by atoms with Gasteiger partial charge in [-0.05, 0) is 30.8 Å². The van der Waals surface area contributed by atoms with Crippen molar-refractivity contribution in [1.82, 2.24) is 0 Å². The molecular formula is C18H36O2S. The lowest BCUT2D eigenvalue weighted by Crippen LogP contribution is -1.99. The second kappa shape index (κ2) is 17.9. The van der Waals surface area contributed by atoms with E-state index in [9.17, 15) is 4.79 Å². The van der Waals surface area contributed by atoms with Crippen molar-refractivity contribution >= 4 is 17.7 Å². The Labute approximate surface area is 139 Å². The van der Waals surface area contributed by atoms with Crippen molar-refractivity contribution in [3.63, 3.8) is 0 Å². The Balaban J connectivity index is 3.12. The number of thioether (sulfide) groups is 1. The fraction of sp³-hybridized carbons (Fsp3) is 0.944. The number of hydrogen-bond acceptors (Lipinski definition) is 3. The van der Waals surface area contributed by atoms with Gasteiger partial charge in [0.15, 0.2) is 0 Å². The van der Waals surface area contributed by atoms with Gasteiger partial charge in [-0.25, -0.2) is 0 Å². The third kappa shape index (κ3) is 17.8. The van der Waals surface area contributed by atoms with Crippen molar-refractivity contribution in [3.05, 3.63) is 0 Å². The molecule has 0 aromatic carbocycles. The maximum absolute atomic E-state index is 10.9. The fourth-order valence-electron chi connectivity index (χ4n) is 2.19. The number of hydrogen-bond donors (Lipinski definition) is 0. The van der Waals surface area contributed by atoms with Crippen molar-refractivity contribution in [2.24, 2.45) is 0 Å². The van der Waals surface area contributed by atoms with Crippen LogP contribution in [0.1, 0.15) is 93.1 Å². The number of ether oxygens (including phenoxy) is 1. The van der Waals surface area contributed by atoms with Crippen LogP contribution in [-0.2, 0) is 9.53 Å². The molecule has 2 nitrogen and oxygen atoms in total. The topological polar surface area (TPSA) is 26.3 Å². The minimum Gasteiger partial charge on any atom is -0.469 e. The van der Waals surface area contributed by atoms with Gasteiger partial charge in [-0.1, -0.05) is 64.7 Å². The van der Waals surface area contributed by atoms with Gasteiger partial charge in [0.2, 0.25) is 0 Å². The molecule has 0 aliphatic heterocycles. The van der Waals surface area contributed by atoms with E-state index in [0.717, 1.165) is 25.7 Å². The van der Waals surface area contributed by atoms with E-state index in [1.807, 2.05) is 18.7 Å². The Hall–Kier alpha value is -0.180. The van der Waals surface area contributed by atoms with Crippen LogP contribution in [0.3, 0.4) is 0 Å². The molecule has 21 heavy (non-hydrogen) atoms. The van der Waals surface area contributed by atoms with Crippen LogP contribution < -0.4 is 0 Å². The molecule has 0 aromatic rings. The molecule has 0 saturated heterocycles. The van der Waals surface area contributed by atoms with Crippen molar-refractivity contribution in [2.45, 2.75) is 90.3 Å². The smallest absolute Gasteiger partial charge is 0.305 e. The normalized spacial score (nSPS) is 12.9. The van der Waals surface area contributed by atoms with E-state index in [4.69, 9.17) is 2.74 Å². The van der Waals surface area contributed by atoms with Crippen LogP contribution in [0.5, 0.6) is 0 Å². The minimum atomic E-state index is -0.951. The standard InChI is InChI=1S/C18H36O2S/c1-3-4-5-6-7-8-9-10-13-16-21-17-14-11-12-15-18(19)20-2/h3-17H2,1-2H3/i4D2. The quantitative estimate of drug-likeness (QED) is 0.258. The molecule has 0 aliphatic rings. The summed E-state index contributed by atoms with van der Waals surface area (Å²) < 4.78 is 20.0. The SMILES string of the molecule is [2H]C([2H])(CC)CCCCCCCCSCCCCCC(=O)OC. The third-order valence-electron chi connectivity index (χ3n) is 3.54. The molecule has 0 fully saturated rings. The molecule has 0 heterocycles. The maximum atomic E-state index is 10.9. The third-order valence-corrected chi connectivity index (χ3v) is 4.69. The molecule has 0 atom stereocenters. The van der Waals surface area contributed by atoms with Gasteiger partial charge in [0, 0.05) is 9.16 Å². The van der Waals surface area contributed by atoms with Crippen LogP contribution in [0.4, 0.5) is 0 Å². The molecule has 0 rings (SSSR count). The van der Waals surface area contributed by atoms with Gasteiger partial charge in [0.05, 0.1) is 7.11 Å². The molecular weight excluding hydrogens is 280 g/mol. The molecule has 0 amide bonds. The lowest BCUT2D eigenvalue weighted by atomic mass is 10.1. The molecule has 0 aliphatic carbocycles. The molecule has 0 aromatic heterocycles. The molecule has 0 spiro atoms. The zero-order chi connectivity index (χ0) is 17.4. The summed E-state index contributed by atoms with van der Waals surface area (Å²) in [5.41, 5.74) is 0. The van der Waals surface area contributed by atoms with Crippen molar-refractivity contribution in [3.8, 4) is 0 Å². The van der Waals surface area contributed by atoms with Crippen LogP contribution >= 0.6 is 11.8 Å². The Morgan fingerprint density at radius 3 is 2.00 bits per heavy atom. The molecule has 0 unspecified atom stereocenters. The number of unbranched alkanes of at least 4 members (excludes halogenated alkanes) is 7. The first-order valence-electron chi connectivity index (χ1n) is 9.66. The van der Waals surface area contributed by atoms with Crippen LogP contribution in [0.2, 0.25) is 0 Å². The van der Waals surface area contributed by atoms with Gasteiger partial charge >= 0.3 is 5.97 Å². The second-order valence-electron chi connectivity index (χ2n) is 5.47. The van der Waals surface area contributed by atoms with E-state index in [2.05, 4.69) is 4.74 Å². The van der Waals surface area contributed by atoms with E-state index in [0.29, 0.717) is 12.8 Å². The minimum absolute atomic E-state index is 0.0940. The largest absolute Gasteiger partial charge is 0.469 e. The predicted molar refractivity (Wildman–Crippen MR) is 95.0 cm³/mol. The van der Waals surface area contributed by atoms with E-state index >= 15 is 0 Å². The summed E-state index contributed by atoms with van der Waals surface area (Å²) >= 11 is 2.03. The van der Waals surface area contributed by atoms with Crippen molar-refractivity contribution < 1.29 is 12.3 Å². The van der Waals surface area contributed by atoms with Gasteiger partial charge in [0.1, 0.15) is 0 Å². The molecule has 0 radical (unpaired) electrons. The van der Waals surface area contributed by atoms with E-state index in [1.165, 1.54) is 57.1 Å². The Bertz CT molecular complexity index is 286. The summed E-state index contributed by atoms with van der Waals surface area (Å²) in [6.45, 7) is 1.93. The van der Waals surface area contributed by atoms with Crippen LogP contribution in [0, 0.1) is 0 Å². The first kappa shape index (κ1) is 17.2. The average molecular weight is 319 g/mol. The summed E-state index contributed by atoms with van der Waals surface area (Å²) in [5.74, 6) is 2.35. The highest BCUT2D eigenvalue weighted by molar-refractivity contribution is 7.99. The van der Waals surface area contributed by atoms with Gasteiger partial charge in [-0.2, -0.15) is 11.8 Å². The number of rotatable bonds is 16. The van der Waals surface area contributed by atoms with Crippen LogP contribution in [0.15, 0.2) is 0 Å². The lowest BCUT2D eigenvalue weighted by molar-refractivity contribution is -0.140. The number of esters is 1. The zero-order valence-corrected chi connectivity index (χ0v) is 14.9. The number of methoxy groups -OCH3 is 1. The van der Waals surface area contributed by atoms with Gasteiger partial charge in [0.25, 0.3) is 0 Å². The maximum Gasteiger partial charge on any atom is 0.305 e. The van der Waals surface area contributed by atoms with Crippen molar-refractivity contribution in [2.75, 3.05) is 18.6 Å². The molecule has 126 valence electrons. The van der Waals surface area contributed by atoms with Gasteiger partial charge in [-0.3, -0.25) is 4.79 Å². The van der Waals surface area contributed by atoms with E-state index in [-0.39, 0.29) is 5.97 Å². The summed E-state index contributed by atoms with van der Waals surface area (Å²) in [4.78, 5) is 10.9. The summed E-state index contributed by atoms with van der Waals surface area (Å²) in [7, 11) is 1.45. The van der Waals surface area contributed by atoms with Crippen LogP contribution in [0.25, 0.3) is 0 Å². The average Bonchev–Trinajstić information content (AvgIpc) is 2.54. The van der Waals surface area contributed by atoms with Crippen molar-refractivity contribution in [1.29, 1.82) is 0 Å². The highest BCUT2D eigenvalue weighted by Gasteiger charge is 1.99. The molecule has 3 heteroatoms. The highest BCUT2D eigenvalue weighted by Crippen LogP contribution is 2.13. The molecule has 0 bridgehead atoms. The summed E-state index contributed by atoms with van der Waals surface area (Å²) in [6, 6.07) is 0. The second-order valence-corrected chi connectivity index (χ2v) is 6.70. The zero-order valence-electron chi connectivity index (χ0n) is 16.1. The first-order valence-corrected chi connectivity index (χ1v) is 9.82. The fourth-order valence-corrected chi connectivity index (χ4v) is 3.21. The Morgan fingerprint density at radius 2 is 1.43 bits per heavy atom.